The topological polar surface area (TPSA) is 89.2 Å². The lowest BCUT2D eigenvalue weighted by atomic mass is 10.1. The van der Waals surface area contributed by atoms with Crippen molar-refractivity contribution in [1.82, 2.24) is 14.9 Å². The highest BCUT2D eigenvalue weighted by atomic mass is 19.1. The van der Waals surface area contributed by atoms with Crippen molar-refractivity contribution in [3.8, 4) is 23.3 Å². The predicted octanol–water partition coefficient (Wildman–Crippen LogP) is 5.96. The maximum Gasteiger partial charge on any atom is 0.326 e. The van der Waals surface area contributed by atoms with E-state index in [1.165, 1.54) is 4.57 Å². The van der Waals surface area contributed by atoms with E-state index in [1.807, 2.05) is 36.4 Å². The molecule has 2 heterocycles. The number of nitrogens with zero attached hydrogens (tertiary/aromatic N) is 3. The van der Waals surface area contributed by atoms with Gasteiger partial charge in [-0.05, 0) is 42.0 Å². The van der Waals surface area contributed by atoms with Crippen molar-refractivity contribution in [2.75, 3.05) is 13.2 Å². The first-order chi connectivity index (χ1) is 17.7. The number of hydrogen-bond donors (Lipinski definition) is 1. The zero-order chi connectivity index (χ0) is 24.9. The molecule has 1 amide bonds. The number of benzene rings is 3. The van der Waals surface area contributed by atoms with Gasteiger partial charge < -0.3 is 14.8 Å². The molecule has 5 aromatic rings. The molecule has 2 aromatic heterocycles. The highest BCUT2D eigenvalue weighted by Gasteiger charge is 2.13. The fraction of sp³-hybridized carbons (Fsp3) is 0.107. The van der Waals surface area contributed by atoms with Crippen molar-refractivity contribution < 1.29 is 18.7 Å². The number of fused-ring (bicyclic) bond motifs is 2. The Hall–Kier alpha value is -4.90. The van der Waals surface area contributed by atoms with E-state index in [1.54, 1.807) is 48.8 Å². The average Bonchev–Trinajstić information content (AvgIpc) is 3.34. The third kappa shape index (κ3) is 4.68. The molecule has 0 spiro atoms. The van der Waals surface area contributed by atoms with Gasteiger partial charge in [0.2, 0.25) is 0 Å². The number of aromatic nitrogens is 2. The van der Waals surface area contributed by atoms with E-state index >= 15 is 0 Å². The third-order valence-corrected chi connectivity index (χ3v) is 5.64. The Bertz CT molecular complexity index is 1590. The Morgan fingerprint density at radius 2 is 1.92 bits per heavy atom. The van der Waals surface area contributed by atoms with Crippen molar-refractivity contribution in [3.05, 3.63) is 96.3 Å². The van der Waals surface area contributed by atoms with E-state index in [-0.39, 0.29) is 6.54 Å². The van der Waals surface area contributed by atoms with Gasteiger partial charge in [0.05, 0.1) is 16.6 Å². The lowest BCUT2D eigenvalue weighted by Crippen LogP contribution is -2.29. The number of carbonyl (C=O) groups is 1. The molecule has 0 fully saturated rings. The summed E-state index contributed by atoms with van der Waals surface area (Å²) in [4.78, 5) is 16.7. The maximum absolute atomic E-state index is 12.4. The smallest absolute Gasteiger partial charge is 0.326 e. The number of carbonyl (C=O) groups excluding carboxylic acids is 1. The molecule has 8 heteroatoms. The molecule has 0 radical (unpaired) electrons. The van der Waals surface area contributed by atoms with Gasteiger partial charge in [-0.1, -0.05) is 30.3 Å². The summed E-state index contributed by atoms with van der Waals surface area (Å²) in [6.07, 6.45) is 3.26. The van der Waals surface area contributed by atoms with Gasteiger partial charge >= 0.3 is 6.03 Å². The summed E-state index contributed by atoms with van der Waals surface area (Å²) in [7, 11) is 0. The van der Waals surface area contributed by atoms with Gasteiger partial charge in [0.25, 0.3) is 0 Å². The summed E-state index contributed by atoms with van der Waals surface area (Å²) >= 11 is 0. The van der Waals surface area contributed by atoms with Crippen LogP contribution < -0.4 is 14.8 Å². The Morgan fingerprint density at radius 1 is 1.06 bits per heavy atom. The van der Waals surface area contributed by atoms with Crippen LogP contribution in [0.25, 0.3) is 21.8 Å². The van der Waals surface area contributed by atoms with Crippen LogP contribution >= 0.6 is 0 Å². The monoisotopic (exact) mass is 480 g/mol. The van der Waals surface area contributed by atoms with Gasteiger partial charge in [0.1, 0.15) is 36.6 Å². The molecule has 0 unspecified atom stereocenters. The van der Waals surface area contributed by atoms with Crippen molar-refractivity contribution in [3.63, 3.8) is 0 Å². The van der Waals surface area contributed by atoms with Crippen LogP contribution in [0.3, 0.4) is 0 Å². The van der Waals surface area contributed by atoms with Crippen molar-refractivity contribution in [2.24, 2.45) is 0 Å². The second-order valence-electron chi connectivity index (χ2n) is 7.99. The number of halogens is 1. The lowest BCUT2D eigenvalue weighted by molar-refractivity contribution is 0.242. The minimum atomic E-state index is -0.628. The SMILES string of the molecule is N#Cc1cc2c(Oc3ccc4c(ccn4C(=O)NCCF)c3)ccnc2cc1OCc1ccccc1. The van der Waals surface area contributed by atoms with Crippen LogP contribution in [-0.2, 0) is 6.61 Å². The molecule has 0 aliphatic rings. The molecular formula is C28H21FN4O3. The second kappa shape index (κ2) is 10.2. The quantitative estimate of drug-likeness (QED) is 0.310. The van der Waals surface area contributed by atoms with Gasteiger partial charge in [0, 0.05) is 35.8 Å². The Balaban J connectivity index is 1.42. The van der Waals surface area contributed by atoms with E-state index < -0.39 is 12.7 Å². The largest absolute Gasteiger partial charge is 0.487 e. The average molecular weight is 480 g/mol. The molecule has 0 atom stereocenters. The first kappa shape index (κ1) is 22.9. The molecular weight excluding hydrogens is 459 g/mol. The van der Waals surface area contributed by atoms with Crippen LogP contribution in [-0.4, -0.2) is 28.8 Å². The molecule has 178 valence electrons. The first-order valence-electron chi connectivity index (χ1n) is 11.3. The second-order valence-corrected chi connectivity index (χ2v) is 7.99. The molecule has 0 saturated heterocycles. The van der Waals surface area contributed by atoms with Crippen molar-refractivity contribution >= 4 is 27.8 Å². The summed E-state index contributed by atoms with van der Waals surface area (Å²) in [6.45, 7) is -0.335. The van der Waals surface area contributed by atoms with Crippen LogP contribution in [0.4, 0.5) is 9.18 Å². The minimum absolute atomic E-state index is 0.0431. The van der Waals surface area contributed by atoms with Crippen LogP contribution in [0, 0.1) is 11.3 Å². The summed E-state index contributed by atoms with van der Waals surface area (Å²) < 4.78 is 25.9. The molecule has 0 aliphatic carbocycles. The zero-order valence-electron chi connectivity index (χ0n) is 19.1. The Morgan fingerprint density at radius 3 is 2.72 bits per heavy atom. The van der Waals surface area contributed by atoms with E-state index in [2.05, 4.69) is 16.4 Å². The molecule has 0 saturated carbocycles. The molecule has 0 aliphatic heterocycles. The highest BCUT2D eigenvalue weighted by Crippen LogP contribution is 2.34. The number of nitriles is 1. The summed E-state index contributed by atoms with van der Waals surface area (Å²) in [5, 5.41) is 13.7. The van der Waals surface area contributed by atoms with Gasteiger partial charge in [-0.25, -0.2) is 9.18 Å². The Kier molecular flexibility index (Phi) is 6.45. The molecule has 5 rings (SSSR count). The third-order valence-electron chi connectivity index (χ3n) is 5.64. The minimum Gasteiger partial charge on any atom is -0.487 e. The number of nitrogens with one attached hydrogen (secondary N) is 1. The molecule has 1 N–H and O–H groups in total. The summed E-state index contributed by atoms with van der Waals surface area (Å²) in [6, 6.07) is 23.8. The lowest BCUT2D eigenvalue weighted by Gasteiger charge is -2.12. The van der Waals surface area contributed by atoms with Gasteiger partial charge in [-0.3, -0.25) is 9.55 Å². The number of amides is 1. The van der Waals surface area contributed by atoms with Crippen LogP contribution in [0.2, 0.25) is 0 Å². The molecule has 36 heavy (non-hydrogen) atoms. The first-order valence-corrected chi connectivity index (χ1v) is 11.3. The van der Waals surface area contributed by atoms with Gasteiger partial charge in [-0.2, -0.15) is 5.26 Å². The zero-order valence-corrected chi connectivity index (χ0v) is 19.1. The van der Waals surface area contributed by atoms with E-state index in [0.29, 0.717) is 45.8 Å². The Labute approximate surface area is 206 Å². The fourth-order valence-corrected chi connectivity index (χ4v) is 3.91. The van der Waals surface area contributed by atoms with E-state index in [9.17, 15) is 14.4 Å². The summed E-state index contributed by atoms with van der Waals surface area (Å²) in [5.41, 5.74) is 2.68. The van der Waals surface area contributed by atoms with Crippen molar-refractivity contribution in [2.45, 2.75) is 6.61 Å². The number of pyridine rings is 1. The number of hydrogen-bond acceptors (Lipinski definition) is 5. The van der Waals surface area contributed by atoms with Gasteiger partial charge in [0.15, 0.2) is 0 Å². The van der Waals surface area contributed by atoms with E-state index in [0.717, 1.165) is 10.9 Å². The molecule has 7 nitrogen and oxygen atoms in total. The van der Waals surface area contributed by atoms with Crippen molar-refractivity contribution in [1.29, 1.82) is 5.26 Å². The van der Waals surface area contributed by atoms with Gasteiger partial charge in [-0.15, -0.1) is 0 Å². The standard InChI is InChI=1S/C28H21FN4O3/c29-10-12-32-28(34)33-13-9-20-14-22(6-7-25(20)33)36-26-8-11-31-24-16-27(21(17-30)15-23(24)26)35-18-19-4-2-1-3-5-19/h1-9,11,13-16H,10,12,18H2,(H,32,34). The van der Waals surface area contributed by atoms with Crippen LogP contribution in [0.5, 0.6) is 17.2 Å². The number of ether oxygens (including phenoxy) is 2. The van der Waals surface area contributed by atoms with Crippen LogP contribution in [0.1, 0.15) is 11.1 Å². The number of rotatable bonds is 7. The fourth-order valence-electron chi connectivity index (χ4n) is 3.91. The molecule has 0 bridgehead atoms. The highest BCUT2D eigenvalue weighted by molar-refractivity contribution is 5.92. The predicted molar refractivity (Wildman–Crippen MR) is 134 cm³/mol. The van der Waals surface area contributed by atoms with E-state index in [4.69, 9.17) is 9.47 Å². The molecule has 3 aromatic carbocycles. The summed E-state index contributed by atoms with van der Waals surface area (Å²) in [5.74, 6) is 1.54. The maximum atomic E-state index is 12.4. The number of alkyl halides is 1. The normalized spacial score (nSPS) is 10.8. The van der Waals surface area contributed by atoms with Crippen LogP contribution in [0.15, 0.2) is 85.2 Å².